The second-order valence-corrected chi connectivity index (χ2v) is 14.7. The van der Waals surface area contributed by atoms with Gasteiger partial charge in [0.25, 0.3) is 0 Å². The van der Waals surface area contributed by atoms with E-state index in [1.165, 1.54) is 38.5 Å². The Morgan fingerprint density at radius 2 is 1.11 bits per heavy atom. The Morgan fingerprint density at radius 3 is 1.87 bits per heavy atom. The fraction of sp³-hybridized carbons (Fsp3) is 0.0612. The molecule has 0 bridgehead atoms. The molecule has 10 aromatic rings. The first-order valence-corrected chi connectivity index (χ1v) is 18.6. The first kappa shape index (κ1) is 31.4. The lowest BCUT2D eigenvalue weighted by atomic mass is 9.82. The lowest BCUT2D eigenvalue weighted by molar-refractivity contribution is 0.620. The molecule has 0 saturated heterocycles. The zero-order valence-electron chi connectivity index (χ0n) is 30.2. The molecule has 260 valence electrons. The molecule has 6 heteroatoms. The summed E-state index contributed by atoms with van der Waals surface area (Å²) in [5.41, 5.74) is 13.7. The molecule has 0 radical (unpaired) electrons. The molecule has 0 aliphatic heterocycles. The van der Waals surface area contributed by atoms with Crippen molar-refractivity contribution in [1.82, 2.24) is 24.5 Å². The van der Waals surface area contributed by atoms with Gasteiger partial charge in [-0.1, -0.05) is 123 Å². The summed E-state index contributed by atoms with van der Waals surface area (Å²) in [7, 11) is 0. The van der Waals surface area contributed by atoms with Crippen LogP contribution < -0.4 is 0 Å². The van der Waals surface area contributed by atoms with E-state index < -0.39 is 0 Å². The van der Waals surface area contributed by atoms with Crippen LogP contribution in [0.3, 0.4) is 0 Å². The smallest absolute Gasteiger partial charge is 0.227 e. The summed E-state index contributed by atoms with van der Waals surface area (Å²) in [4.78, 5) is 19.7. The predicted octanol–water partition coefficient (Wildman–Crippen LogP) is 12.1. The van der Waals surface area contributed by atoms with Crippen LogP contribution in [0.25, 0.3) is 95.3 Å². The fourth-order valence-electron chi connectivity index (χ4n) is 8.35. The summed E-state index contributed by atoms with van der Waals surface area (Å²) >= 11 is 0. The fourth-order valence-corrected chi connectivity index (χ4v) is 8.35. The van der Waals surface area contributed by atoms with Gasteiger partial charge >= 0.3 is 0 Å². The summed E-state index contributed by atoms with van der Waals surface area (Å²) < 4.78 is 8.81. The largest absolute Gasteiger partial charge is 0.436 e. The van der Waals surface area contributed by atoms with Crippen LogP contribution in [0.15, 0.2) is 168 Å². The number of para-hydroxylation sites is 1. The number of aromatic nitrogens is 5. The molecule has 3 aromatic heterocycles. The van der Waals surface area contributed by atoms with E-state index in [4.69, 9.17) is 24.4 Å². The Bertz CT molecular complexity index is 3070. The topological polar surface area (TPSA) is 69.6 Å². The Balaban J connectivity index is 1.02. The van der Waals surface area contributed by atoms with Gasteiger partial charge in [-0.15, -0.1) is 0 Å². The summed E-state index contributed by atoms with van der Waals surface area (Å²) in [5.74, 6) is 2.36. The standard InChI is InChI=1S/C49H33N5O/c1-49(2)39-22-11-9-20-35(39)37-28-38-36-21-10-12-23-42(36)54(43(38)29-40(37)49)34-19-13-18-33(26-34)48-50-41-27-32(24-25-44(41)55-48)47-52-45(30-14-5-3-6-15-30)51-46(53-47)31-16-7-4-8-17-31/h3-29H,1-2H3. The van der Waals surface area contributed by atoms with Gasteiger partial charge in [0.2, 0.25) is 5.89 Å². The maximum atomic E-state index is 6.43. The molecular weight excluding hydrogens is 675 g/mol. The van der Waals surface area contributed by atoms with Gasteiger partial charge in [-0.05, 0) is 76.9 Å². The number of fused-ring (bicyclic) bond motifs is 7. The van der Waals surface area contributed by atoms with E-state index in [9.17, 15) is 0 Å². The highest BCUT2D eigenvalue weighted by atomic mass is 16.3. The van der Waals surface area contributed by atoms with E-state index in [0.717, 1.165) is 39.0 Å². The van der Waals surface area contributed by atoms with E-state index in [0.29, 0.717) is 28.9 Å². The van der Waals surface area contributed by atoms with Crippen molar-refractivity contribution < 1.29 is 4.42 Å². The van der Waals surface area contributed by atoms with Crippen molar-refractivity contribution in [1.29, 1.82) is 0 Å². The van der Waals surface area contributed by atoms with E-state index in [1.807, 2.05) is 78.9 Å². The van der Waals surface area contributed by atoms with Crippen LogP contribution in [0.4, 0.5) is 0 Å². The van der Waals surface area contributed by atoms with Crippen LogP contribution in [0.2, 0.25) is 0 Å². The minimum atomic E-state index is -0.103. The van der Waals surface area contributed by atoms with Gasteiger partial charge in [-0.25, -0.2) is 19.9 Å². The van der Waals surface area contributed by atoms with Gasteiger partial charge in [-0.2, -0.15) is 0 Å². The van der Waals surface area contributed by atoms with Crippen molar-refractivity contribution in [2.45, 2.75) is 19.3 Å². The van der Waals surface area contributed by atoms with Crippen LogP contribution in [-0.2, 0) is 5.41 Å². The molecule has 0 fully saturated rings. The zero-order chi connectivity index (χ0) is 36.7. The second-order valence-electron chi connectivity index (χ2n) is 14.7. The second kappa shape index (κ2) is 11.9. The molecule has 1 aliphatic rings. The van der Waals surface area contributed by atoms with Crippen LogP contribution >= 0.6 is 0 Å². The Hall–Kier alpha value is -7.18. The van der Waals surface area contributed by atoms with Crippen molar-refractivity contribution in [3.8, 4) is 62.4 Å². The third-order valence-corrected chi connectivity index (χ3v) is 11.1. The third-order valence-electron chi connectivity index (χ3n) is 11.1. The number of hydrogen-bond donors (Lipinski definition) is 0. The van der Waals surface area contributed by atoms with Crippen molar-refractivity contribution in [2.75, 3.05) is 0 Å². The Morgan fingerprint density at radius 1 is 0.455 bits per heavy atom. The molecule has 0 amide bonds. The molecule has 0 N–H and O–H groups in total. The SMILES string of the molecule is CC1(C)c2ccccc2-c2cc3c4ccccc4n(-c4cccc(-c5nc6cc(-c7nc(-c8ccccc8)nc(-c8ccccc8)n7)ccc6o5)c4)c3cc21. The van der Waals surface area contributed by atoms with E-state index in [2.05, 4.69) is 103 Å². The summed E-state index contributed by atoms with van der Waals surface area (Å²) in [6.45, 7) is 4.67. The minimum Gasteiger partial charge on any atom is -0.436 e. The van der Waals surface area contributed by atoms with Crippen molar-refractivity contribution in [3.63, 3.8) is 0 Å². The number of hydrogen-bond acceptors (Lipinski definition) is 5. The number of rotatable bonds is 5. The van der Waals surface area contributed by atoms with Gasteiger partial charge in [0.05, 0.1) is 11.0 Å². The normalized spacial score (nSPS) is 13.1. The lowest BCUT2D eigenvalue weighted by Crippen LogP contribution is -2.14. The maximum Gasteiger partial charge on any atom is 0.227 e. The monoisotopic (exact) mass is 707 g/mol. The third kappa shape index (κ3) is 4.95. The summed E-state index contributed by atoms with van der Waals surface area (Å²) in [5, 5.41) is 2.47. The molecular formula is C49H33N5O. The zero-order valence-corrected chi connectivity index (χ0v) is 30.2. The van der Waals surface area contributed by atoms with E-state index in [-0.39, 0.29) is 5.41 Å². The molecule has 0 unspecified atom stereocenters. The van der Waals surface area contributed by atoms with Gasteiger partial charge in [0, 0.05) is 44.1 Å². The average molecular weight is 708 g/mol. The number of nitrogens with zero attached hydrogens (tertiary/aromatic N) is 5. The molecule has 1 aliphatic carbocycles. The molecule has 6 nitrogen and oxygen atoms in total. The molecule has 0 atom stereocenters. The van der Waals surface area contributed by atoms with Crippen LogP contribution in [-0.4, -0.2) is 24.5 Å². The highest BCUT2D eigenvalue weighted by molar-refractivity contribution is 6.11. The van der Waals surface area contributed by atoms with Crippen molar-refractivity contribution in [3.05, 3.63) is 175 Å². The van der Waals surface area contributed by atoms with Gasteiger partial charge in [-0.3, -0.25) is 0 Å². The van der Waals surface area contributed by atoms with Crippen molar-refractivity contribution in [2.24, 2.45) is 0 Å². The van der Waals surface area contributed by atoms with Crippen molar-refractivity contribution >= 4 is 32.9 Å². The maximum absolute atomic E-state index is 6.43. The molecule has 7 aromatic carbocycles. The molecule has 55 heavy (non-hydrogen) atoms. The number of oxazole rings is 1. The minimum absolute atomic E-state index is 0.103. The molecule has 0 spiro atoms. The number of benzene rings is 7. The lowest BCUT2D eigenvalue weighted by Gasteiger charge is -2.21. The highest BCUT2D eigenvalue weighted by Crippen LogP contribution is 2.51. The van der Waals surface area contributed by atoms with Crippen LogP contribution in [0.1, 0.15) is 25.0 Å². The van der Waals surface area contributed by atoms with Crippen LogP contribution in [0.5, 0.6) is 0 Å². The quantitative estimate of drug-likeness (QED) is 0.178. The molecule has 3 heterocycles. The Labute approximate surface area is 317 Å². The summed E-state index contributed by atoms with van der Waals surface area (Å²) in [6.07, 6.45) is 0. The predicted molar refractivity (Wildman–Crippen MR) is 221 cm³/mol. The van der Waals surface area contributed by atoms with E-state index >= 15 is 0 Å². The first-order chi connectivity index (χ1) is 27.0. The van der Waals surface area contributed by atoms with Gasteiger partial charge in [0.1, 0.15) is 5.52 Å². The average Bonchev–Trinajstić information content (AvgIpc) is 3.89. The highest BCUT2D eigenvalue weighted by Gasteiger charge is 2.36. The molecule has 11 rings (SSSR count). The first-order valence-electron chi connectivity index (χ1n) is 18.6. The molecule has 0 saturated carbocycles. The Kier molecular flexibility index (Phi) is 6.79. The summed E-state index contributed by atoms with van der Waals surface area (Å²) in [6, 6.07) is 56.7. The van der Waals surface area contributed by atoms with Gasteiger partial charge < -0.3 is 8.98 Å². The van der Waals surface area contributed by atoms with E-state index in [1.54, 1.807) is 0 Å². The van der Waals surface area contributed by atoms with Gasteiger partial charge in [0.15, 0.2) is 23.1 Å². The van der Waals surface area contributed by atoms with Crippen LogP contribution in [0, 0.1) is 0 Å².